The van der Waals surface area contributed by atoms with Gasteiger partial charge in [-0.05, 0) is 63.9 Å². The molecule has 2 aliphatic heterocycles. The van der Waals surface area contributed by atoms with Crippen molar-refractivity contribution in [3.05, 3.63) is 41.1 Å². The van der Waals surface area contributed by atoms with Crippen LogP contribution in [0, 0.1) is 0 Å². The van der Waals surface area contributed by atoms with Crippen LogP contribution in [0.3, 0.4) is 0 Å². The summed E-state index contributed by atoms with van der Waals surface area (Å²) >= 11 is 0. The van der Waals surface area contributed by atoms with Gasteiger partial charge < -0.3 is 10.2 Å². The number of likely N-dealkylation sites (tertiary alicyclic amines) is 1. The van der Waals surface area contributed by atoms with Gasteiger partial charge in [0.05, 0.1) is 16.9 Å². The number of nitrogens with one attached hydrogen (secondary N) is 1. The van der Waals surface area contributed by atoms with Crippen molar-refractivity contribution >= 4 is 5.82 Å². The summed E-state index contributed by atoms with van der Waals surface area (Å²) in [6, 6.07) is 5.74. The van der Waals surface area contributed by atoms with Crippen LogP contribution in [0.1, 0.15) is 55.3 Å². The molecule has 1 aromatic heterocycles. The number of anilines is 1. The van der Waals surface area contributed by atoms with Gasteiger partial charge in [0.25, 0.3) is 0 Å². The van der Waals surface area contributed by atoms with Gasteiger partial charge in [-0.1, -0.05) is 19.1 Å². The Hall–Kier alpha value is -2.02. The van der Waals surface area contributed by atoms with Crippen molar-refractivity contribution in [3.63, 3.8) is 0 Å². The minimum atomic E-state index is -4.41. The van der Waals surface area contributed by atoms with Gasteiger partial charge in [0.2, 0.25) is 0 Å². The Kier molecular flexibility index (Phi) is 5.36. The third-order valence-electron chi connectivity index (χ3n) is 6.02. The van der Waals surface area contributed by atoms with Crippen LogP contribution in [0.5, 0.6) is 0 Å². The van der Waals surface area contributed by atoms with Crippen LogP contribution >= 0.6 is 0 Å². The topological polar surface area (TPSA) is 33.1 Å². The minimum absolute atomic E-state index is 0.109. The van der Waals surface area contributed by atoms with Crippen LogP contribution in [0.4, 0.5) is 19.0 Å². The third-order valence-corrected chi connectivity index (χ3v) is 6.02. The summed E-state index contributed by atoms with van der Waals surface area (Å²) < 4.78 is 42.4. The SMILES string of the molecule is CCN1CCC(c2nn(-c3ccccc3C(F)(F)F)c3c2CCCCN3)CC1. The van der Waals surface area contributed by atoms with E-state index in [4.69, 9.17) is 5.10 Å². The maximum atomic E-state index is 13.6. The second-order valence-corrected chi connectivity index (χ2v) is 7.73. The molecule has 1 saturated heterocycles. The Morgan fingerprint density at radius 1 is 1.14 bits per heavy atom. The summed E-state index contributed by atoms with van der Waals surface area (Å²) in [5.41, 5.74) is 1.58. The maximum Gasteiger partial charge on any atom is 0.418 e. The fourth-order valence-electron chi connectivity index (χ4n) is 4.45. The van der Waals surface area contributed by atoms with Crippen molar-refractivity contribution in [2.24, 2.45) is 0 Å². The molecule has 2 aromatic rings. The second-order valence-electron chi connectivity index (χ2n) is 7.73. The summed E-state index contributed by atoms with van der Waals surface area (Å²) in [4.78, 5) is 2.42. The molecule has 0 bridgehead atoms. The van der Waals surface area contributed by atoms with E-state index in [1.54, 1.807) is 6.07 Å². The lowest BCUT2D eigenvalue weighted by atomic mass is 9.90. The number of hydrogen-bond donors (Lipinski definition) is 1. The van der Waals surface area contributed by atoms with Gasteiger partial charge in [0, 0.05) is 18.0 Å². The van der Waals surface area contributed by atoms with E-state index in [0.29, 0.717) is 5.92 Å². The molecular formula is C21H27F3N4. The Labute approximate surface area is 163 Å². The van der Waals surface area contributed by atoms with E-state index >= 15 is 0 Å². The van der Waals surface area contributed by atoms with Gasteiger partial charge in [-0.2, -0.15) is 18.3 Å². The number of nitrogens with zero attached hydrogens (tertiary/aromatic N) is 3. The van der Waals surface area contributed by atoms with Crippen LogP contribution in [0.25, 0.3) is 5.69 Å². The third kappa shape index (κ3) is 3.64. The first-order chi connectivity index (χ1) is 13.5. The zero-order chi connectivity index (χ0) is 19.7. The van der Waals surface area contributed by atoms with E-state index in [2.05, 4.69) is 17.1 Å². The average molecular weight is 392 g/mol. The first-order valence-corrected chi connectivity index (χ1v) is 10.2. The van der Waals surface area contributed by atoms with Crippen molar-refractivity contribution in [3.8, 4) is 5.69 Å². The molecule has 0 aliphatic carbocycles. The highest BCUT2D eigenvalue weighted by Crippen LogP contribution is 2.39. The molecule has 4 nitrogen and oxygen atoms in total. The van der Waals surface area contributed by atoms with E-state index in [-0.39, 0.29) is 5.69 Å². The fourth-order valence-corrected chi connectivity index (χ4v) is 4.45. The van der Waals surface area contributed by atoms with Gasteiger partial charge in [-0.3, -0.25) is 0 Å². The Morgan fingerprint density at radius 3 is 2.61 bits per heavy atom. The summed E-state index contributed by atoms with van der Waals surface area (Å²) in [7, 11) is 0. The van der Waals surface area contributed by atoms with Gasteiger partial charge in [-0.15, -0.1) is 0 Å². The molecule has 1 fully saturated rings. The molecule has 0 atom stereocenters. The largest absolute Gasteiger partial charge is 0.418 e. The Morgan fingerprint density at radius 2 is 1.89 bits per heavy atom. The van der Waals surface area contributed by atoms with Crippen LogP contribution in [-0.2, 0) is 12.6 Å². The van der Waals surface area contributed by atoms with Crippen molar-refractivity contribution in [1.29, 1.82) is 0 Å². The number of hydrogen-bond acceptors (Lipinski definition) is 3. The molecule has 4 rings (SSSR count). The lowest BCUT2D eigenvalue weighted by Gasteiger charge is -2.30. The number of benzene rings is 1. The monoisotopic (exact) mass is 392 g/mol. The number of aromatic nitrogens is 2. The molecule has 0 amide bonds. The van der Waals surface area contributed by atoms with Gasteiger partial charge in [0.1, 0.15) is 5.82 Å². The Bertz CT molecular complexity index is 820. The van der Waals surface area contributed by atoms with E-state index in [0.717, 1.165) is 81.4 Å². The zero-order valence-electron chi connectivity index (χ0n) is 16.2. The van der Waals surface area contributed by atoms with Crippen molar-refractivity contribution in [2.45, 2.75) is 51.1 Å². The number of halogens is 3. The van der Waals surface area contributed by atoms with Crippen molar-refractivity contribution in [1.82, 2.24) is 14.7 Å². The van der Waals surface area contributed by atoms with Crippen LogP contribution in [-0.4, -0.2) is 40.9 Å². The molecule has 0 spiro atoms. The van der Waals surface area contributed by atoms with E-state index in [1.165, 1.54) is 16.8 Å². The number of piperidine rings is 1. The molecule has 1 aromatic carbocycles. The smallest absolute Gasteiger partial charge is 0.370 e. The summed E-state index contributed by atoms with van der Waals surface area (Å²) in [6.45, 7) is 6.02. The fraction of sp³-hybridized carbons (Fsp3) is 0.571. The number of alkyl halides is 3. The number of rotatable bonds is 3. The van der Waals surface area contributed by atoms with Crippen molar-refractivity contribution < 1.29 is 13.2 Å². The first kappa shape index (κ1) is 19.3. The molecule has 0 saturated carbocycles. The first-order valence-electron chi connectivity index (χ1n) is 10.2. The molecule has 1 N–H and O–H groups in total. The van der Waals surface area contributed by atoms with Gasteiger partial charge in [-0.25, -0.2) is 4.68 Å². The van der Waals surface area contributed by atoms with Crippen LogP contribution < -0.4 is 5.32 Å². The van der Waals surface area contributed by atoms with Crippen molar-refractivity contribution in [2.75, 3.05) is 31.5 Å². The highest BCUT2D eigenvalue weighted by Gasteiger charge is 2.36. The quantitative estimate of drug-likeness (QED) is 0.812. The summed E-state index contributed by atoms with van der Waals surface area (Å²) in [5, 5.41) is 8.16. The predicted octanol–water partition coefficient (Wildman–Crippen LogP) is 4.84. The lowest BCUT2D eigenvalue weighted by molar-refractivity contribution is -0.137. The highest BCUT2D eigenvalue weighted by molar-refractivity contribution is 5.57. The minimum Gasteiger partial charge on any atom is -0.370 e. The number of para-hydroxylation sites is 1. The summed E-state index contributed by atoms with van der Waals surface area (Å²) in [5.74, 6) is 1.07. The molecule has 0 unspecified atom stereocenters. The zero-order valence-corrected chi connectivity index (χ0v) is 16.2. The average Bonchev–Trinajstić information content (AvgIpc) is 2.88. The van der Waals surface area contributed by atoms with Crippen LogP contribution in [0.2, 0.25) is 0 Å². The molecule has 7 heteroatoms. The Balaban J connectivity index is 1.79. The lowest BCUT2D eigenvalue weighted by Crippen LogP contribution is -2.33. The number of fused-ring (bicyclic) bond motifs is 1. The molecule has 0 radical (unpaired) electrons. The standard InChI is InChI=1S/C21H27F3N4/c1-2-27-13-10-15(11-14-27)19-16-7-5-6-12-25-20(16)28(26-19)18-9-4-3-8-17(18)21(22,23)24/h3-4,8-9,15,25H,2,5-7,10-14H2,1H3. The normalized spacial score (nSPS) is 19.1. The molecule has 28 heavy (non-hydrogen) atoms. The molecular weight excluding hydrogens is 365 g/mol. The van der Waals surface area contributed by atoms with Gasteiger partial charge in [0.15, 0.2) is 0 Å². The predicted molar refractivity (Wildman–Crippen MR) is 104 cm³/mol. The maximum absolute atomic E-state index is 13.6. The summed E-state index contributed by atoms with van der Waals surface area (Å²) in [6.07, 6.45) is 0.541. The molecule has 3 heterocycles. The van der Waals surface area contributed by atoms with Gasteiger partial charge >= 0.3 is 6.18 Å². The van der Waals surface area contributed by atoms with Crippen LogP contribution in [0.15, 0.2) is 24.3 Å². The molecule has 152 valence electrons. The van der Waals surface area contributed by atoms with E-state index in [1.807, 2.05) is 0 Å². The molecule has 2 aliphatic rings. The second kappa shape index (κ2) is 7.78. The highest BCUT2D eigenvalue weighted by atomic mass is 19.4. The van der Waals surface area contributed by atoms with E-state index in [9.17, 15) is 13.2 Å². The van der Waals surface area contributed by atoms with E-state index < -0.39 is 11.7 Å².